The second-order valence-corrected chi connectivity index (χ2v) is 9.70. The number of likely N-dealkylation sites (tertiary alicyclic amines) is 1. The second-order valence-electron chi connectivity index (χ2n) is 7.84. The van der Waals surface area contributed by atoms with Crippen molar-refractivity contribution in [1.29, 1.82) is 0 Å². The van der Waals surface area contributed by atoms with E-state index >= 15 is 0 Å². The predicted molar refractivity (Wildman–Crippen MR) is 96.7 cm³/mol. The van der Waals surface area contributed by atoms with Crippen LogP contribution in [0.25, 0.3) is 0 Å². The molecule has 9 nitrogen and oxygen atoms in total. The van der Waals surface area contributed by atoms with E-state index in [0.717, 1.165) is 0 Å². The molecule has 2 atom stereocenters. The lowest BCUT2D eigenvalue weighted by atomic mass is 9.85. The summed E-state index contributed by atoms with van der Waals surface area (Å²) in [4.78, 5) is 24.0. The van der Waals surface area contributed by atoms with Gasteiger partial charge in [-0.25, -0.2) is 13.2 Å². The molecule has 2 heterocycles. The number of benzene rings is 1. The molecule has 2 aliphatic rings. The van der Waals surface area contributed by atoms with Crippen LogP contribution < -0.4 is 0 Å². The number of sulfonamides is 1. The van der Waals surface area contributed by atoms with Crippen LogP contribution >= 0.6 is 0 Å². The summed E-state index contributed by atoms with van der Waals surface area (Å²) in [6, 6.07) is 4.93. The smallest absolute Gasteiger partial charge is 0.410 e. The molecule has 0 bridgehead atoms. The number of fused-ring (bicyclic) bond motifs is 1. The van der Waals surface area contributed by atoms with Gasteiger partial charge in [-0.05, 0) is 39.2 Å². The number of nitro benzene ring substituents is 1. The number of piperidine rings is 1. The van der Waals surface area contributed by atoms with E-state index in [0.29, 0.717) is 19.5 Å². The molecule has 0 aliphatic carbocycles. The SMILES string of the molecule is CC(C)(C)OC(=O)N1CC[C@@H]2CN(S(=O)(=O)c3ccccc3[N+](=O)[O-])[C@@H]2C1. The van der Waals surface area contributed by atoms with Crippen LogP contribution in [0.4, 0.5) is 10.5 Å². The summed E-state index contributed by atoms with van der Waals surface area (Å²) < 4.78 is 32.6. The van der Waals surface area contributed by atoms with E-state index in [4.69, 9.17) is 4.74 Å². The molecule has 1 amide bonds. The van der Waals surface area contributed by atoms with E-state index in [1.54, 1.807) is 20.8 Å². The van der Waals surface area contributed by atoms with Crippen LogP contribution in [0.15, 0.2) is 29.2 Å². The molecular weight excluding hydrogens is 374 g/mol. The van der Waals surface area contributed by atoms with Gasteiger partial charge in [0.25, 0.3) is 5.69 Å². The van der Waals surface area contributed by atoms with Crippen LogP contribution in [0.2, 0.25) is 0 Å². The molecule has 1 aromatic carbocycles. The molecule has 148 valence electrons. The van der Waals surface area contributed by atoms with Gasteiger partial charge in [0.2, 0.25) is 10.0 Å². The van der Waals surface area contributed by atoms with Crippen molar-refractivity contribution in [2.45, 2.75) is 43.7 Å². The van der Waals surface area contributed by atoms with E-state index in [-0.39, 0.29) is 17.4 Å². The third-order valence-electron chi connectivity index (χ3n) is 4.81. The molecule has 0 unspecified atom stereocenters. The van der Waals surface area contributed by atoms with Crippen molar-refractivity contribution in [2.75, 3.05) is 19.6 Å². The van der Waals surface area contributed by atoms with Crippen molar-refractivity contribution in [3.63, 3.8) is 0 Å². The normalized spacial score (nSPS) is 23.3. The summed E-state index contributed by atoms with van der Waals surface area (Å²) in [6.07, 6.45) is 0.197. The number of ether oxygens (including phenoxy) is 1. The highest BCUT2D eigenvalue weighted by Gasteiger charge is 2.50. The zero-order chi connectivity index (χ0) is 20.0. The number of nitrogens with zero attached hydrogens (tertiary/aromatic N) is 3. The van der Waals surface area contributed by atoms with Crippen LogP contribution in [-0.4, -0.2) is 59.9 Å². The number of hydrogen-bond donors (Lipinski definition) is 0. The van der Waals surface area contributed by atoms with Gasteiger partial charge in [-0.1, -0.05) is 12.1 Å². The fourth-order valence-corrected chi connectivity index (χ4v) is 5.36. The summed E-state index contributed by atoms with van der Waals surface area (Å²) in [5, 5.41) is 11.2. The van der Waals surface area contributed by atoms with Crippen molar-refractivity contribution < 1.29 is 22.9 Å². The van der Waals surface area contributed by atoms with Gasteiger partial charge in [0, 0.05) is 31.7 Å². The van der Waals surface area contributed by atoms with Gasteiger partial charge in [-0.2, -0.15) is 4.31 Å². The predicted octanol–water partition coefficient (Wildman–Crippen LogP) is 2.22. The highest BCUT2D eigenvalue weighted by atomic mass is 32.2. The van der Waals surface area contributed by atoms with Crippen molar-refractivity contribution in [3.05, 3.63) is 34.4 Å². The standard InChI is InChI=1S/C17H23N3O6S/c1-17(2,3)26-16(21)18-9-8-12-10-19(14(12)11-18)27(24,25)15-7-5-4-6-13(15)20(22)23/h4-7,12,14H,8-11H2,1-3H3/t12-,14-/m1/s1. The zero-order valence-corrected chi connectivity index (χ0v) is 16.3. The molecule has 0 spiro atoms. The van der Waals surface area contributed by atoms with Crippen molar-refractivity contribution >= 4 is 21.8 Å². The average Bonchev–Trinajstić information content (AvgIpc) is 2.54. The van der Waals surface area contributed by atoms with Crippen molar-refractivity contribution in [3.8, 4) is 0 Å². The Morgan fingerprint density at radius 1 is 1.26 bits per heavy atom. The Hall–Kier alpha value is -2.20. The fraction of sp³-hybridized carbons (Fsp3) is 0.588. The summed E-state index contributed by atoms with van der Waals surface area (Å²) in [5.74, 6) is 0.140. The lowest BCUT2D eigenvalue weighted by molar-refractivity contribution is -0.387. The van der Waals surface area contributed by atoms with Crippen molar-refractivity contribution in [2.24, 2.45) is 5.92 Å². The molecular formula is C17H23N3O6S. The molecule has 0 aromatic heterocycles. The third-order valence-corrected chi connectivity index (χ3v) is 6.74. The van der Waals surface area contributed by atoms with E-state index in [9.17, 15) is 23.3 Å². The number of hydrogen-bond acceptors (Lipinski definition) is 6. The Bertz CT molecular complexity index is 864. The van der Waals surface area contributed by atoms with Gasteiger partial charge in [-0.3, -0.25) is 10.1 Å². The Morgan fingerprint density at radius 3 is 2.56 bits per heavy atom. The van der Waals surface area contributed by atoms with Crippen LogP contribution in [0.3, 0.4) is 0 Å². The molecule has 2 aliphatic heterocycles. The molecule has 27 heavy (non-hydrogen) atoms. The number of carbonyl (C=O) groups is 1. The number of amides is 1. The van der Waals surface area contributed by atoms with Crippen LogP contribution in [0.1, 0.15) is 27.2 Å². The molecule has 0 radical (unpaired) electrons. The first-order valence-corrected chi connectivity index (χ1v) is 10.2. The quantitative estimate of drug-likeness (QED) is 0.571. The largest absolute Gasteiger partial charge is 0.444 e. The van der Waals surface area contributed by atoms with Crippen molar-refractivity contribution in [1.82, 2.24) is 9.21 Å². The summed E-state index contributed by atoms with van der Waals surface area (Å²) in [7, 11) is -4.02. The Morgan fingerprint density at radius 2 is 1.93 bits per heavy atom. The van der Waals surface area contributed by atoms with E-state index in [1.807, 2.05) is 0 Å². The molecule has 2 fully saturated rings. The minimum atomic E-state index is -4.02. The Balaban J connectivity index is 1.80. The number of carbonyl (C=O) groups excluding carboxylic acids is 1. The molecule has 0 saturated carbocycles. The second kappa shape index (κ2) is 6.75. The first kappa shape index (κ1) is 19.6. The maximum Gasteiger partial charge on any atom is 0.410 e. The number of para-hydroxylation sites is 1. The first-order valence-electron chi connectivity index (χ1n) is 8.74. The minimum Gasteiger partial charge on any atom is -0.444 e. The van der Waals surface area contributed by atoms with E-state index in [1.165, 1.54) is 33.5 Å². The van der Waals surface area contributed by atoms with Gasteiger partial charge in [0.05, 0.1) is 4.92 Å². The van der Waals surface area contributed by atoms with E-state index < -0.39 is 38.4 Å². The Labute approximate surface area is 158 Å². The molecule has 3 rings (SSSR count). The maximum absolute atomic E-state index is 13.0. The van der Waals surface area contributed by atoms with Gasteiger partial charge in [-0.15, -0.1) is 0 Å². The maximum atomic E-state index is 13.0. The first-order chi connectivity index (χ1) is 12.5. The van der Waals surface area contributed by atoms with Gasteiger partial charge in [0.1, 0.15) is 5.60 Å². The lowest BCUT2D eigenvalue weighted by Crippen LogP contribution is -2.66. The van der Waals surface area contributed by atoms with Gasteiger partial charge in [0.15, 0.2) is 4.90 Å². The minimum absolute atomic E-state index is 0.140. The highest BCUT2D eigenvalue weighted by Crippen LogP contribution is 2.39. The molecule has 1 aromatic rings. The average molecular weight is 397 g/mol. The third kappa shape index (κ3) is 3.77. The summed E-state index contributed by atoms with van der Waals surface area (Å²) in [5.41, 5.74) is -1.08. The molecule has 10 heteroatoms. The fourth-order valence-electron chi connectivity index (χ4n) is 3.47. The summed E-state index contributed by atoms with van der Waals surface area (Å²) >= 11 is 0. The number of nitro groups is 1. The van der Waals surface area contributed by atoms with E-state index in [2.05, 4.69) is 0 Å². The van der Waals surface area contributed by atoms with Gasteiger partial charge < -0.3 is 9.64 Å². The zero-order valence-electron chi connectivity index (χ0n) is 15.5. The lowest BCUT2D eigenvalue weighted by Gasteiger charge is -2.51. The van der Waals surface area contributed by atoms with Crippen LogP contribution in [-0.2, 0) is 14.8 Å². The van der Waals surface area contributed by atoms with Crippen LogP contribution in [0, 0.1) is 16.0 Å². The monoisotopic (exact) mass is 397 g/mol. The molecule has 0 N–H and O–H groups in total. The Kier molecular flexibility index (Phi) is 4.89. The topological polar surface area (TPSA) is 110 Å². The van der Waals surface area contributed by atoms with Crippen LogP contribution in [0.5, 0.6) is 0 Å². The summed E-state index contributed by atoms with van der Waals surface area (Å²) in [6.45, 7) is 6.35. The highest BCUT2D eigenvalue weighted by molar-refractivity contribution is 7.89. The number of rotatable bonds is 3. The molecule has 2 saturated heterocycles. The van der Waals surface area contributed by atoms with Gasteiger partial charge >= 0.3 is 6.09 Å².